The molecular formula is C25H25N3O2S. The van der Waals surface area contributed by atoms with Crippen LogP contribution < -0.4 is 9.64 Å². The van der Waals surface area contributed by atoms with Gasteiger partial charge in [-0.2, -0.15) is 0 Å². The van der Waals surface area contributed by atoms with Crippen LogP contribution in [-0.2, 0) is 17.8 Å². The Morgan fingerprint density at radius 1 is 1.13 bits per heavy atom. The molecular weight excluding hydrogens is 406 g/mol. The van der Waals surface area contributed by atoms with Gasteiger partial charge in [0.25, 0.3) is 0 Å². The minimum atomic E-state index is 0.00886. The average Bonchev–Trinajstić information content (AvgIpc) is 3.20. The van der Waals surface area contributed by atoms with Gasteiger partial charge >= 0.3 is 0 Å². The summed E-state index contributed by atoms with van der Waals surface area (Å²) in [6.45, 7) is 7.02. The van der Waals surface area contributed by atoms with Crippen molar-refractivity contribution in [1.29, 1.82) is 0 Å². The highest BCUT2D eigenvalue weighted by atomic mass is 32.1. The van der Waals surface area contributed by atoms with E-state index in [2.05, 4.69) is 23.2 Å². The van der Waals surface area contributed by atoms with Crippen LogP contribution >= 0.6 is 11.3 Å². The summed E-state index contributed by atoms with van der Waals surface area (Å²) in [5.41, 5.74) is 5.05. The summed E-state index contributed by atoms with van der Waals surface area (Å²) >= 11 is 1.50. The number of carbonyl (C=O) groups excluding carboxylic acids is 1. The van der Waals surface area contributed by atoms with Crippen molar-refractivity contribution < 1.29 is 9.53 Å². The fourth-order valence-electron chi connectivity index (χ4n) is 3.48. The number of para-hydroxylation sites is 1. The third-order valence-electron chi connectivity index (χ3n) is 5.11. The normalized spacial score (nSPS) is 10.9. The molecule has 2 heterocycles. The van der Waals surface area contributed by atoms with Crippen LogP contribution in [0.1, 0.15) is 29.2 Å². The predicted octanol–water partition coefficient (Wildman–Crippen LogP) is 5.48. The monoisotopic (exact) mass is 431 g/mol. The van der Waals surface area contributed by atoms with Crippen LogP contribution in [0.4, 0.5) is 5.13 Å². The van der Waals surface area contributed by atoms with Gasteiger partial charge in [-0.3, -0.25) is 14.7 Å². The van der Waals surface area contributed by atoms with Crippen molar-refractivity contribution in [1.82, 2.24) is 9.97 Å². The standard InChI is InChI=1S/C25H25N3O2S/c1-4-30-21-8-5-9-22-24(21)27-25(31-22)28(16-19-7-6-12-26-15-19)23(29)14-20-13-17(2)10-11-18(20)3/h5-13,15H,4,14,16H2,1-3H3. The minimum absolute atomic E-state index is 0.00886. The van der Waals surface area contributed by atoms with Gasteiger partial charge in [-0.05, 0) is 55.7 Å². The molecule has 0 saturated heterocycles. The first kappa shape index (κ1) is 21.0. The van der Waals surface area contributed by atoms with Crippen LogP contribution in [0.25, 0.3) is 10.2 Å². The number of rotatable bonds is 7. The number of aryl methyl sites for hydroxylation is 2. The van der Waals surface area contributed by atoms with Crippen LogP contribution in [0.15, 0.2) is 60.9 Å². The van der Waals surface area contributed by atoms with Gasteiger partial charge in [0.15, 0.2) is 5.13 Å². The number of aromatic nitrogens is 2. The summed E-state index contributed by atoms with van der Waals surface area (Å²) in [5, 5.41) is 0.668. The zero-order valence-electron chi connectivity index (χ0n) is 18.0. The molecule has 4 aromatic rings. The third-order valence-corrected chi connectivity index (χ3v) is 6.16. The van der Waals surface area contributed by atoms with Crippen molar-refractivity contribution in [2.24, 2.45) is 0 Å². The Morgan fingerprint density at radius 2 is 2.00 bits per heavy atom. The van der Waals surface area contributed by atoms with Crippen molar-refractivity contribution in [3.8, 4) is 5.75 Å². The number of fused-ring (bicyclic) bond motifs is 1. The molecule has 0 radical (unpaired) electrons. The first-order chi connectivity index (χ1) is 15.0. The molecule has 0 aliphatic rings. The van der Waals surface area contributed by atoms with E-state index in [0.29, 0.717) is 24.7 Å². The van der Waals surface area contributed by atoms with Gasteiger partial charge < -0.3 is 4.74 Å². The Hall–Kier alpha value is -3.25. The molecule has 5 nitrogen and oxygen atoms in total. The molecule has 0 bridgehead atoms. The van der Waals surface area contributed by atoms with Gasteiger partial charge in [-0.1, -0.05) is 47.2 Å². The van der Waals surface area contributed by atoms with Crippen LogP contribution in [0.3, 0.4) is 0 Å². The SMILES string of the molecule is CCOc1cccc2sc(N(Cc3cccnc3)C(=O)Cc3cc(C)ccc3C)nc12. The van der Waals surface area contributed by atoms with E-state index in [4.69, 9.17) is 9.72 Å². The molecule has 31 heavy (non-hydrogen) atoms. The number of hydrogen-bond acceptors (Lipinski definition) is 5. The highest BCUT2D eigenvalue weighted by Crippen LogP contribution is 2.35. The Kier molecular flexibility index (Phi) is 6.28. The number of amides is 1. The fourth-order valence-corrected chi connectivity index (χ4v) is 4.48. The first-order valence-electron chi connectivity index (χ1n) is 10.3. The zero-order chi connectivity index (χ0) is 21.8. The number of pyridine rings is 1. The number of benzene rings is 2. The lowest BCUT2D eigenvalue weighted by atomic mass is 10.0. The number of carbonyl (C=O) groups is 1. The van der Waals surface area contributed by atoms with E-state index < -0.39 is 0 Å². The molecule has 0 spiro atoms. The fraction of sp³-hybridized carbons (Fsp3) is 0.240. The maximum absolute atomic E-state index is 13.5. The number of thiazole rings is 1. The molecule has 6 heteroatoms. The van der Waals surface area contributed by atoms with Gasteiger partial charge in [0.2, 0.25) is 5.91 Å². The van der Waals surface area contributed by atoms with Crippen molar-refractivity contribution in [3.05, 3.63) is 83.2 Å². The van der Waals surface area contributed by atoms with Crippen molar-refractivity contribution in [2.45, 2.75) is 33.7 Å². The molecule has 0 aliphatic carbocycles. The lowest BCUT2D eigenvalue weighted by molar-refractivity contribution is -0.118. The Morgan fingerprint density at radius 3 is 2.77 bits per heavy atom. The lowest BCUT2D eigenvalue weighted by Gasteiger charge is -2.20. The topological polar surface area (TPSA) is 55.3 Å². The minimum Gasteiger partial charge on any atom is -0.492 e. The lowest BCUT2D eigenvalue weighted by Crippen LogP contribution is -2.32. The largest absolute Gasteiger partial charge is 0.492 e. The predicted molar refractivity (Wildman–Crippen MR) is 126 cm³/mol. The molecule has 4 rings (SSSR count). The second kappa shape index (κ2) is 9.27. The maximum atomic E-state index is 13.5. The van der Waals surface area contributed by atoms with Crippen molar-refractivity contribution >= 4 is 32.6 Å². The molecule has 0 saturated carbocycles. The second-order valence-corrected chi connectivity index (χ2v) is 8.49. The number of anilines is 1. The summed E-state index contributed by atoms with van der Waals surface area (Å²) in [4.78, 5) is 24.3. The number of hydrogen-bond donors (Lipinski definition) is 0. The van der Waals surface area contributed by atoms with Gasteiger partial charge in [0.1, 0.15) is 11.3 Å². The summed E-state index contributed by atoms with van der Waals surface area (Å²) in [6, 6.07) is 16.0. The highest BCUT2D eigenvalue weighted by Gasteiger charge is 2.22. The van der Waals surface area contributed by atoms with E-state index in [1.165, 1.54) is 11.3 Å². The number of ether oxygens (including phenoxy) is 1. The van der Waals surface area contributed by atoms with Gasteiger partial charge in [0.05, 0.1) is 24.3 Å². The van der Waals surface area contributed by atoms with Crippen LogP contribution in [0, 0.1) is 13.8 Å². The van der Waals surface area contributed by atoms with E-state index in [9.17, 15) is 4.79 Å². The molecule has 0 unspecified atom stereocenters. The summed E-state index contributed by atoms with van der Waals surface area (Å²) in [5.74, 6) is 0.750. The molecule has 2 aromatic carbocycles. The van der Waals surface area contributed by atoms with E-state index >= 15 is 0 Å². The molecule has 0 atom stereocenters. The second-order valence-electron chi connectivity index (χ2n) is 7.48. The Labute approximate surface area is 186 Å². The van der Waals surface area contributed by atoms with Crippen molar-refractivity contribution in [3.63, 3.8) is 0 Å². The molecule has 0 N–H and O–H groups in total. The number of nitrogens with zero attached hydrogens (tertiary/aromatic N) is 3. The Balaban J connectivity index is 1.72. The summed E-state index contributed by atoms with van der Waals surface area (Å²) in [7, 11) is 0. The van der Waals surface area contributed by atoms with Gasteiger partial charge in [0, 0.05) is 12.4 Å². The molecule has 0 fully saturated rings. The van der Waals surface area contributed by atoms with E-state index in [1.54, 1.807) is 17.3 Å². The van der Waals surface area contributed by atoms with Crippen LogP contribution in [0.5, 0.6) is 5.75 Å². The van der Waals surface area contributed by atoms with E-state index in [1.807, 2.05) is 51.1 Å². The first-order valence-corrected chi connectivity index (χ1v) is 11.1. The van der Waals surface area contributed by atoms with E-state index in [-0.39, 0.29) is 5.91 Å². The summed E-state index contributed by atoms with van der Waals surface area (Å²) < 4.78 is 6.74. The zero-order valence-corrected chi connectivity index (χ0v) is 18.8. The molecule has 158 valence electrons. The van der Waals surface area contributed by atoms with Gasteiger partial charge in [-0.15, -0.1) is 0 Å². The maximum Gasteiger partial charge on any atom is 0.233 e. The molecule has 2 aromatic heterocycles. The van der Waals surface area contributed by atoms with Crippen LogP contribution in [-0.4, -0.2) is 22.5 Å². The molecule has 0 aliphatic heterocycles. The third kappa shape index (κ3) is 4.75. The smallest absolute Gasteiger partial charge is 0.233 e. The highest BCUT2D eigenvalue weighted by molar-refractivity contribution is 7.22. The Bertz CT molecular complexity index is 1200. The van der Waals surface area contributed by atoms with Gasteiger partial charge in [-0.25, -0.2) is 4.98 Å². The van der Waals surface area contributed by atoms with Crippen molar-refractivity contribution in [2.75, 3.05) is 11.5 Å². The van der Waals surface area contributed by atoms with E-state index in [0.717, 1.165) is 38.2 Å². The van der Waals surface area contributed by atoms with Crippen LogP contribution in [0.2, 0.25) is 0 Å². The average molecular weight is 432 g/mol. The quantitative estimate of drug-likeness (QED) is 0.389. The molecule has 1 amide bonds. The summed E-state index contributed by atoms with van der Waals surface area (Å²) in [6.07, 6.45) is 3.84.